The molecule has 0 bridgehead atoms. The lowest BCUT2D eigenvalue weighted by Crippen LogP contribution is -2.06. The first-order valence-electron chi connectivity index (χ1n) is 5.02. The normalized spacial score (nSPS) is 12.4. The Hall–Kier alpha value is -1.99. The molecule has 1 unspecified atom stereocenters. The van der Waals surface area contributed by atoms with Crippen LogP contribution in [-0.4, -0.2) is 15.1 Å². The van der Waals surface area contributed by atoms with Gasteiger partial charge in [0, 0.05) is 11.1 Å². The van der Waals surface area contributed by atoms with Gasteiger partial charge in [0.25, 0.3) is 11.6 Å². The quantitative estimate of drug-likeness (QED) is 0.676. The van der Waals surface area contributed by atoms with E-state index in [2.05, 4.69) is 10.1 Å². The third-order valence-corrected chi connectivity index (χ3v) is 2.47. The number of nitrogens with zero attached hydrogens (tertiary/aromatic N) is 3. The second-order valence-electron chi connectivity index (χ2n) is 3.66. The molecule has 2 N–H and O–H groups in total. The molecule has 94 valence electrons. The van der Waals surface area contributed by atoms with Gasteiger partial charge in [-0.3, -0.25) is 10.1 Å². The number of rotatable bonds is 3. The van der Waals surface area contributed by atoms with E-state index in [4.69, 9.17) is 21.9 Å². The van der Waals surface area contributed by atoms with Crippen LogP contribution in [0.25, 0.3) is 11.5 Å². The standard InChI is InChI=1S/C10H9ClN4O3/c1-5(12)9-13-10(18-14-9)7-3-2-6(11)4-8(7)15(16)17/h2-5H,12H2,1H3. The number of aromatic nitrogens is 2. The highest BCUT2D eigenvalue weighted by Gasteiger charge is 2.21. The summed E-state index contributed by atoms with van der Waals surface area (Å²) in [4.78, 5) is 14.4. The minimum atomic E-state index is -0.559. The third-order valence-electron chi connectivity index (χ3n) is 2.24. The van der Waals surface area contributed by atoms with Gasteiger partial charge in [0.2, 0.25) is 0 Å². The van der Waals surface area contributed by atoms with Crippen LogP contribution in [0.15, 0.2) is 22.7 Å². The van der Waals surface area contributed by atoms with E-state index in [0.717, 1.165) is 0 Å². The molecule has 0 amide bonds. The highest BCUT2D eigenvalue weighted by molar-refractivity contribution is 6.30. The highest BCUT2D eigenvalue weighted by atomic mass is 35.5. The zero-order valence-electron chi connectivity index (χ0n) is 9.33. The lowest BCUT2D eigenvalue weighted by molar-refractivity contribution is -0.384. The summed E-state index contributed by atoms with van der Waals surface area (Å²) in [5.41, 5.74) is 5.61. The molecule has 18 heavy (non-hydrogen) atoms. The molecule has 1 aromatic carbocycles. The number of benzene rings is 1. The monoisotopic (exact) mass is 268 g/mol. The number of halogens is 1. The van der Waals surface area contributed by atoms with Gasteiger partial charge in [0.1, 0.15) is 5.56 Å². The van der Waals surface area contributed by atoms with Crippen LogP contribution in [0.2, 0.25) is 5.02 Å². The highest BCUT2D eigenvalue weighted by Crippen LogP contribution is 2.31. The molecule has 1 atom stereocenters. The van der Waals surface area contributed by atoms with Crippen LogP contribution in [-0.2, 0) is 0 Å². The zero-order chi connectivity index (χ0) is 13.3. The molecule has 1 aromatic heterocycles. The first-order chi connectivity index (χ1) is 8.49. The van der Waals surface area contributed by atoms with Crippen LogP contribution in [0.5, 0.6) is 0 Å². The van der Waals surface area contributed by atoms with Gasteiger partial charge in [0.15, 0.2) is 5.82 Å². The number of nitrogens with two attached hydrogens (primary N) is 1. The molecule has 0 fully saturated rings. The van der Waals surface area contributed by atoms with Crippen molar-refractivity contribution >= 4 is 17.3 Å². The van der Waals surface area contributed by atoms with Gasteiger partial charge in [-0.2, -0.15) is 4.98 Å². The summed E-state index contributed by atoms with van der Waals surface area (Å²) in [6.45, 7) is 1.69. The molecule has 0 aliphatic rings. The molecule has 2 aromatic rings. The molecule has 1 heterocycles. The van der Waals surface area contributed by atoms with E-state index in [1.165, 1.54) is 18.2 Å². The Kier molecular flexibility index (Phi) is 3.26. The van der Waals surface area contributed by atoms with Crippen molar-refractivity contribution in [2.24, 2.45) is 5.73 Å². The lowest BCUT2D eigenvalue weighted by Gasteiger charge is -1.98. The Morgan fingerprint density at radius 1 is 1.56 bits per heavy atom. The Bertz CT molecular complexity index is 597. The molecule has 0 aliphatic heterocycles. The van der Waals surface area contributed by atoms with Crippen LogP contribution in [0.4, 0.5) is 5.69 Å². The molecule has 0 saturated carbocycles. The molecule has 0 saturated heterocycles. The van der Waals surface area contributed by atoms with Crippen molar-refractivity contribution in [3.05, 3.63) is 39.2 Å². The molecule has 8 heteroatoms. The van der Waals surface area contributed by atoms with Gasteiger partial charge in [-0.15, -0.1) is 0 Å². The predicted octanol–water partition coefficient (Wildman–Crippen LogP) is 2.32. The summed E-state index contributed by atoms with van der Waals surface area (Å²) in [6.07, 6.45) is 0. The van der Waals surface area contributed by atoms with Crippen molar-refractivity contribution < 1.29 is 9.45 Å². The second-order valence-corrected chi connectivity index (χ2v) is 4.10. The molecular weight excluding hydrogens is 260 g/mol. The average Bonchev–Trinajstić information content (AvgIpc) is 2.78. The van der Waals surface area contributed by atoms with Crippen molar-refractivity contribution in [1.82, 2.24) is 10.1 Å². The van der Waals surface area contributed by atoms with E-state index in [0.29, 0.717) is 0 Å². The smallest absolute Gasteiger partial charge is 0.283 e. The van der Waals surface area contributed by atoms with Crippen LogP contribution < -0.4 is 5.73 Å². The summed E-state index contributed by atoms with van der Waals surface area (Å²) >= 11 is 5.71. The minimum absolute atomic E-state index is 0.0469. The number of hydrogen-bond acceptors (Lipinski definition) is 6. The zero-order valence-corrected chi connectivity index (χ0v) is 10.1. The van der Waals surface area contributed by atoms with Gasteiger partial charge in [-0.05, 0) is 19.1 Å². The molecule has 0 radical (unpaired) electrons. The Balaban J connectivity index is 2.52. The van der Waals surface area contributed by atoms with Crippen molar-refractivity contribution in [3.63, 3.8) is 0 Å². The molecule has 0 aliphatic carbocycles. The van der Waals surface area contributed by atoms with E-state index in [1.807, 2.05) is 0 Å². The number of hydrogen-bond donors (Lipinski definition) is 1. The maximum Gasteiger partial charge on any atom is 0.283 e. The fourth-order valence-corrected chi connectivity index (χ4v) is 1.53. The molecule has 2 rings (SSSR count). The van der Waals surface area contributed by atoms with Gasteiger partial charge in [-0.25, -0.2) is 0 Å². The minimum Gasteiger partial charge on any atom is -0.334 e. The summed E-state index contributed by atoms with van der Waals surface area (Å²) < 4.78 is 4.95. The van der Waals surface area contributed by atoms with Gasteiger partial charge in [-0.1, -0.05) is 16.8 Å². The summed E-state index contributed by atoms with van der Waals surface area (Å²) in [7, 11) is 0. The van der Waals surface area contributed by atoms with Gasteiger partial charge < -0.3 is 10.3 Å². The first-order valence-corrected chi connectivity index (χ1v) is 5.40. The van der Waals surface area contributed by atoms with E-state index in [1.54, 1.807) is 6.92 Å². The summed E-state index contributed by atoms with van der Waals surface area (Å²) in [6, 6.07) is 3.79. The van der Waals surface area contributed by atoms with Crippen molar-refractivity contribution in [2.75, 3.05) is 0 Å². The molecule has 7 nitrogen and oxygen atoms in total. The number of nitro benzene ring substituents is 1. The SMILES string of the molecule is CC(N)c1noc(-c2ccc(Cl)cc2[N+](=O)[O-])n1. The second kappa shape index (κ2) is 4.71. The van der Waals surface area contributed by atoms with E-state index in [-0.39, 0.29) is 28.0 Å². The fraction of sp³-hybridized carbons (Fsp3) is 0.200. The topological polar surface area (TPSA) is 108 Å². The summed E-state index contributed by atoms with van der Waals surface area (Å²) in [5, 5.41) is 14.8. The number of nitro groups is 1. The largest absolute Gasteiger partial charge is 0.334 e. The van der Waals surface area contributed by atoms with E-state index < -0.39 is 11.0 Å². The van der Waals surface area contributed by atoms with Crippen molar-refractivity contribution in [3.8, 4) is 11.5 Å². The summed E-state index contributed by atoms with van der Waals surface area (Å²) in [5.74, 6) is 0.333. The Morgan fingerprint density at radius 2 is 2.28 bits per heavy atom. The van der Waals surface area contributed by atoms with Crippen molar-refractivity contribution in [1.29, 1.82) is 0 Å². The van der Waals surface area contributed by atoms with Gasteiger partial charge >= 0.3 is 0 Å². The maximum atomic E-state index is 10.9. The van der Waals surface area contributed by atoms with E-state index >= 15 is 0 Å². The Labute approximate surface area is 107 Å². The average molecular weight is 269 g/mol. The Morgan fingerprint density at radius 3 is 2.83 bits per heavy atom. The molecular formula is C10H9ClN4O3. The van der Waals surface area contributed by atoms with Crippen LogP contribution >= 0.6 is 11.6 Å². The van der Waals surface area contributed by atoms with Crippen LogP contribution in [0, 0.1) is 10.1 Å². The predicted molar refractivity (Wildman–Crippen MR) is 64.0 cm³/mol. The molecule has 0 spiro atoms. The van der Waals surface area contributed by atoms with Crippen molar-refractivity contribution in [2.45, 2.75) is 13.0 Å². The lowest BCUT2D eigenvalue weighted by atomic mass is 10.2. The van der Waals surface area contributed by atoms with Crippen LogP contribution in [0.1, 0.15) is 18.8 Å². The van der Waals surface area contributed by atoms with Gasteiger partial charge in [0.05, 0.1) is 11.0 Å². The third kappa shape index (κ3) is 2.31. The van der Waals surface area contributed by atoms with Crippen LogP contribution in [0.3, 0.4) is 0 Å². The van der Waals surface area contributed by atoms with E-state index in [9.17, 15) is 10.1 Å². The first kappa shape index (κ1) is 12.5. The maximum absolute atomic E-state index is 10.9. The fourth-order valence-electron chi connectivity index (χ4n) is 1.37.